The Hall–Kier alpha value is -0.960. The Morgan fingerprint density at radius 1 is 1.20 bits per heavy atom. The van der Waals surface area contributed by atoms with Crippen molar-refractivity contribution in [1.82, 2.24) is 15.3 Å². The minimum atomic E-state index is 0.0504. The minimum Gasteiger partial charge on any atom is -0.316 e. The average Bonchev–Trinajstić information content (AvgIpc) is 2.39. The Morgan fingerprint density at radius 2 is 1.93 bits per heavy atom. The van der Waals surface area contributed by atoms with Gasteiger partial charge in [0.15, 0.2) is 0 Å². The number of hydrogen-bond acceptors (Lipinski definition) is 3. The summed E-state index contributed by atoms with van der Waals surface area (Å²) >= 11 is 0. The first-order valence-electron chi connectivity index (χ1n) is 5.63. The zero-order valence-electron chi connectivity index (χ0n) is 9.80. The lowest BCUT2D eigenvalue weighted by atomic mass is 9.95. The van der Waals surface area contributed by atoms with Gasteiger partial charge in [-0.15, -0.1) is 0 Å². The minimum absolute atomic E-state index is 0.0504. The third-order valence-electron chi connectivity index (χ3n) is 2.73. The van der Waals surface area contributed by atoms with Crippen LogP contribution >= 0.6 is 0 Å². The Bertz CT molecular complexity index is 352. The summed E-state index contributed by atoms with van der Waals surface area (Å²) in [5.41, 5.74) is 2.60. The highest BCUT2D eigenvalue weighted by Crippen LogP contribution is 2.19. The first kappa shape index (κ1) is 10.6. The fourth-order valence-corrected chi connectivity index (χ4v) is 1.78. The van der Waals surface area contributed by atoms with Gasteiger partial charge in [-0.2, -0.15) is 0 Å². The molecule has 0 amide bonds. The van der Waals surface area contributed by atoms with Crippen molar-refractivity contribution in [3.63, 3.8) is 0 Å². The van der Waals surface area contributed by atoms with Crippen molar-refractivity contribution in [2.75, 3.05) is 13.1 Å². The number of aromatic nitrogens is 2. The average molecular weight is 205 g/mol. The van der Waals surface area contributed by atoms with Crippen molar-refractivity contribution in [3.8, 4) is 0 Å². The molecule has 3 heteroatoms. The standard InChI is InChI=1S/C12H19N3/c1-12(2,3)11-14-8-9-4-6-13-7-5-10(9)15-11/h8,13H,4-7H2,1-3H3. The van der Waals surface area contributed by atoms with Crippen LogP contribution in [0, 0.1) is 0 Å². The Labute approximate surface area is 91.3 Å². The molecule has 1 aromatic rings. The van der Waals surface area contributed by atoms with E-state index >= 15 is 0 Å². The molecule has 0 fully saturated rings. The summed E-state index contributed by atoms with van der Waals surface area (Å²) in [4.78, 5) is 9.16. The van der Waals surface area contributed by atoms with Crippen molar-refractivity contribution in [3.05, 3.63) is 23.3 Å². The van der Waals surface area contributed by atoms with Crippen LogP contribution in [0.3, 0.4) is 0 Å². The summed E-state index contributed by atoms with van der Waals surface area (Å²) < 4.78 is 0. The molecule has 0 bridgehead atoms. The first-order chi connectivity index (χ1) is 7.07. The second kappa shape index (κ2) is 3.89. The maximum Gasteiger partial charge on any atom is 0.133 e. The van der Waals surface area contributed by atoms with Gasteiger partial charge < -0.3 is 5.32 Å². The van der Waals surface area contributed by atoms with E-state index in [1.165, 1.54) is 11.3 Å². The molecule has 1 aliphatic rings. The topological polar surface area (TPSA) is 37.8 Å². The van der Waals surface area contributed by atoms with Crippen LogP contribution in [0.2, 0.25) is 0 Å². The van der Waals surface area contributed by atoms with Gasteiger partial charge in [0.05, 0.1) is 0 Å². The predicted octanol–water partition coefficient (Wildman–Crippen LogP) is 1.46. The van der Waals surface area contributed by atoms with Crippen LogP contribution in [0.5, 0.6) is 0 Å². The molecular formula is C12H19N3. The van der Waals surface area contributed by atoms with Gasteiger partial charge >= 0.3 is 0 Å². The summed E-state index contributed by atoms with van der Waals surface area (Å²) in [6.45, 7) is 8.55. The summed E-state index contributed by atoms with van der Waals surface area (Å²) in [5.74, 6) is 0.961. The highest BCUT2D eigenvalue weighted by Gasteiger charge is 2.19. The Morgan fingerprint density at radius 3 is 2.67 bits per heavy atom. The lowest BCUT2D eigenvalue weighted by Crippen LogP contribution is -2.18. The molecule has 0 atom stereocenters. The second-order valence-corrected chi connectivity index (χ2v) is 5.17. The van der Waals surface area contributed by atoms with Crippen LogP contribution < -0.4 is 5.32 Å². The molecule has 0 aromatic carbocycles. The molecule has 3 nitrogen and oxygen atoms in total. The van der Waals surface area contributed by atoms with Gasteiger partial charge in [0.25, 0.3) is 0 Å². The molecule has 0 radical (unpaired) electrons. The van der Waals surface area contributed by atoms with Crippen LogP contribution in [0.15, 0.2) is 6.20 Å². The van der Waals surface area contributed by atoms with Gasteiger partial charge in [0.1, 0.15) is 5.82 Å². The molecule has 1 N–H and O–H groups in total. The van der Waals surface area contributed by atoms with Gasteiger partial charge in [0, 0.05) is 30.3 Å². The Kier molecular flexibility index (Phi) is 2.74. The summed E-state index contributed by atoms with van der Waals surface area (Å²) in [6, 6.07) is 0. The summed E-state index contributed by atoms with van der Waals surface area (Å²) in [5, 5.41) is 3.38. The Balaban J connectivity index is 2.36. The second-order valence-electron chi connectivity index (χ2n) is 5.17. The van der Waals surface area contributed by atoms with E-state index in [9.17, 15) is 0 Å². The van der Waals surface area contributed by atoms with E-state index in [-0.39, 0.29) is 5.41 Å². The monoisotopic (exact) mass is 205 g/mol. The van der Waals surface area contributed by atoms with Gasteiger partial charge in [-0.3, -0.25) is 0 Å². The normalized spacial score (nSPS) is 17.0. The zero-order chi connectivity index (χ0) is 10.9. The van der Waals surface area contributed by atoms with Crippen molar-refractivity contribution in [2.24, 2.45) is 0 Å². The van der Waals surface area contributed by atoms with Crippen molar-refractivity contribution in [2.45, 2.75) is 39.0 Å². The zero-order valence-corrected chi connectivity index (χ0v) is 9.80. The third-order valence-corrected chi connectivity index (χ3v) is 2.73. The summed E-state index contributed by atoms with van der Waals surface area (Å²) in [6.07, 6.45) is 4.09. The largest absolute Gasteiger partial charge is 0.316 e. The summed E-state index contributed by atoms with van der Waals surface area (Å²) in [7, 11) is 0. The number of nitrogens with one attached hydrogen (secondary N) is 1. The van der Waals surface area contributed by atoms with E-state index in [2.05, 4.69) is 31.1 Å². The van der Waals surface area contributed by atoms with Crippen LogP contribution in [0.1, 0.15) is 37.9 Å². The molecule has 1 aliphatic heterocycles. The van der Waals surface area contributed by atoms with Crippen LogP contribution in [0.4, 0.5) is 0 Å². The van der Waals surface area contributed by atoms with Gasteiger partial charge in [-0.05, 0) is 18.5 Å². The number of rotatable bonds is 0. The van der Waals surface area contributed by atoms with E-state index in [1.54, 1.807) is 0 Å². The maximum absolute atomic E-state index is 4.69. The van der Waals surface area contributed by atoms with E-state index in [0.29, 0.717) is 0 Å². The maximum atomic E-state index is 4.69. The molecule has 15 heavy (non-hydrogen) atoms. The molecule has 2 rings (SSSR count). The highest BCUT2D eigenvalue weighted by atomic mass is 14.9. The molecule has 2 heterocycles. The number of nitrogens with zero attached hydrogens (tertiary/aromatic N) is 2. The molecule has 0 aliphatic carbocycles. The molecule has 0 unspecified atom stereocenters. The van der Waals surface area contributed by atoms with E-state index in [0.717, 1.165) is 31.8 Å². The van der Waals surface area contributed by atoms with Gasteiger partial charge in [-0.25, -0.2) is 9.97 Å². The lowest BCUT2D eigenvalue weighted by molar-refractivity contribution is 0.540. The molecule has 0 saturated carbocycles. The third kappa shape index (κ3) is 2.34. The number of fused-ring (bicyclic) bond motifs is 1. The van der Waals surface area contributed by atoms with Crippen molar-refractivity contribution in [1.29, 1.82) is 0 Å². The van der Waals surface area contributed by atoms with Crippen molar-refractivity contribution < 1.29 is 0 Å². The van der Waals surface area contributed by atoms with Gasteiger partial charge in [0.2, 0.25) is 0 Å². The molecule has 0 spiro atoms. The van der Waals surface area contributed by atoms with Gasteiger partial charge in [-0.1, -0.05) is 20.8 Å². The number of hydrogen-bond donors (Lipinski definition) is 1. The van der Waals surface area contributed by atoms with E-state index in [4.69, 9.17) is 4.98 Å². The predicted molar refractivity (Wildman–Crippen MR) is 61.0 cm³/mol. The highest BCUT2D eigenvalue weighted by molar-refractivity contribution is 5.21. The lowest BCUT2D eigenvalue weighted by Gasteiger charge is -2.17. The fourth-order valence-electron chi connectivity index (χ4n) is 1.78. The van der Waals surface area contributed by atoms with Crippen LogP contribution in [0.25, 0.3) is 0 Å². The van der Waals surface area contributed by atoms with E-state index in [1.807, 2.05) is 6.20 Å². The first-order valence-corrected chi connectivity index (χ1v) is 5.63. The van der Waals surface area contributed by atoms with Crippen molar-refractivity contribution >= 4 is 0 Å². The fraction of sp³-hybridized carbons (Fsp3) is 0.667. The van der Waals surface area contributed by atoms with Crippen LogP contribution in [-0.4, -0.2) is 23.1 Å². The SMILES string of the molecule is CC(C)(C)c1ncc2c(n1)CCNCC2. The van der Waals surface area contributed by atoms with Crippen LogP contribution in [-0.2, 0) is 18.3 Å². The molecule has 82 valence electrons. The molecule has 1 aromatic heterocycles. The molecule has 0 saturated heterocycles. The quantitative estimate of drug-likeness (QED) is 0.697. The molecular weight excluding hydrogens is 186 g/mol. The smallest absolute Gasteiger partial charge is 0.133 e. The van der Waals surface area contributed by atoms with E-state index < -0.39 is 0 Å².